The van der Waals surface area contributed by atoms with Crippen LogP contribution in [0.15, 0.2) is 48.5 Å². The lowest BCUT2D eigenvalue weighted by Crippen LogP contribution is -2.27. The molecule has 1 fully saturated rings. The second kappa shape index (κ2) is 9.88. The van der Waals surface area contributed by atoms with E-state index in [0.29, 0.717) is 36.8 Å². The van der Waals surface area contributed by atoms with Crippen LogP contribution in [0.2, 0.25) is 0 Å². The third-order valence-electron chi connectivity index (χ3n) is 5.14. The Bertz CT molecular complexity index is 954. The minimum absolute atomic E-state index is 0.246. The predicted molar refractivity (Wildman–Crippen MR) is 108 cm³/mol. The van der Waals surface area contributed by atoms with Crippen LogP contribution in [0.5, 0.6) is 5.75 Å². The lowest BCUT2D eigenvalue weighted by atomic mass is 9.87. The molecule has 31 heavy (non-hydrogen) atoms. The first-order chi connectivity index (χ1) is 14.9. The third kappa shape index (κ3) is 5.69. The van der Waals surface area contributed by atoms with Gasteiger partial charge in [-0.05, 0) is 74.2 Å². The Morgan fingerprint density at radius 2 is 1.23 bits per heavy atom. The Morgan fingerprint density at radius 1 is 0.742 bits per heavy atom. The minimum atomic E-state index is -0.813. The van der Waals surface area contributed by atoms with Crippen LogP contribution in [-0.2, 0) is 14.3 Å². The molecule has 1 N–H and O–H groups in total. The van der Waals surface area contributed by atoms with E-state index >= 15 is 0 Å². The first-order valence-electron chi connectivity index (χ1n) is 9.81. The third-order valence-corrected chi connectivity index (χ3v) is 5.14. The lowest BCUT2D eigenvalue weighted by Gasteiger charge is -2.25. The molecule has 8 nitrogen and oxygen atoms in total. The molecule has 0 saturated heterocycles. The Kier molecular flexibility index (Phi) is 7.02. The van der Waals surface area contributed by atoms with Crippen molar-refractivity contribution in [2.45, 2.75) is 31.8 Å². The van der Waals surface area contributed by atoms with Crippen molar-refractivity contribution in [3.05, 3.63) is 65.2 Å². The van der Waals surface area contributed by atoms with Gasteiger partial charge in [-0.2, -0.15) is 0 Å². The van der Waals surface area contributed by atoms with Crippen LogP contribution < -0.4 is 4.74 Å². The first kappa shape index (κ1) is 22.0. The number of esters is 3. The number of carboxylic acid groups (broad SMARTS) is 1. The van der Waals surface area contributed by atoms with Crippen LogP contribution in [0.3, 0.4) is 0 Å². The molecule has 1 aliphatic carbocycles. The summed E-state index contributed by atoms with van der Waals surface area (Å²) in [6.07, 6.45) is 1.70. The summed E-state index contributed by atoms with van der Waals surface area (Å²) in [5.74, 6) is -2.55. The van der Waals surface area contributed by atoms with Gasteiger partial charge in [-0.15, -0.1) is 0 Å². The van der Waals surface area contributed by atoms with Gasteiger partial charge in [0, 0.05) is 0 Å². The number of ether oxygens (including phenoxy) is 3. The van der Waals surface area contributed by atoms with Gasteiger partial charge in [-0.1, -0.05) is 0 Å². The van der Waals surface area contributed by atoms with Gasteiger partial charge >= 0.3 is 23.9 Å². The molecule has 1 aliphatic rings. The number of carbonyl (C=O) groups is 4. The minimum Gasteiger partial charge on any atom is -0.481 e. The predicted octanol–water partition coefficient (Wildman–Crippen LogP) is 3.49. The molecule has 0 heterocycles. The normalized spacial score (nSPS) is 18.0. The highest BCUT2D eigenvalue weighted by atomic mass is 16.5. The topological polar surface area (TPSA) is 116 Å². The van der Waals surface area contributed by atoms with Gasteiger partial charge in [-0.3, -0.25) is 4.79 Å². The second-order valence-corrected chi connectivity index (χ2v) is 7.20. The number of hydrogen-bond donors (Lipinski definition) is 1. The Labute approximate surface area is 178 Å². The van der Waals surface area contributed by atoms with Gasteiger partial charge in [0.25, 0.3) is 0 Å². The number of carboxylic acids is 1. The molecule has 0 radical (unpaired) electrons. The molecule has 0 atom stereocenters. The zero-order valence-corrected chi connectivity index (χ0v) is 16.9. The van der Waals surface area contributed by atoms with Crippen LogP contribution >= 0.6 is 0 Å². The molecular formula is C23H22O8. The first-order valence-corrected chi connectivity index (χ1v) is 9.81. The van der Waals surface area contributed by atoms with Gasteiger partial charge < -0.3 is 19.3 Å². The van der Waals surface area contributed by atoms with Crippen molar-refractivity contribution < 1.29 is 38.5 Å². The van der Waals surface area contributed by atoms with Crippen LogP contribution in [0, 0.1) is 5.92 Å². The number of aliphatic carboxylic acids is 1. The van der Waals surface area contributed by atoms with Gasteiger partial charge in [0.2, 0.25) is 0 Å². The maximum absolute atomic E-state index is 12.3. The van der Waals surface area contributed by atoms with E-state index in [1.807, 2.05) is 0 Å². The largest absolute Gasteiger partial charge is 0.481 e. The average Bonchev–Trinajstić information content (AvgIpc) is 2.79. The molecule has 2 aromatic rings. The molecule has 2 aromatic carbocycles. The number of hydrogen-bond acceptors (Lipinski definition) is 7. The quantitative estimate of drug-likeness (QED) is 0.551. The smallest absolute Gasteiger partial charge is 0.343 e. The summed E-state index contributed by atoms with van der Waals surface area (Å²) < 4.78 is 15.3. The highest BCUT2D eigenvalue weighted by Gasteiger charge is 2.28. The molecule has 0 aliphatic heterocycles. The molecule has 1 saturated carbocycles. The van der Waals surface area contributed by atoms with Crippen molar-refractivity contribution in [3.8, 4) is 5.75 Å². The summed E-state index contributed by atoms with van der Waals surface area (Å²) in [7, 11) is 1.28. The maximum atomic E-state index is 12.3. The second-order valence-electron chi connectivity index (χ2n) is 7.20. The van der Waals surface area contributed by atoms with Gasteiger partial charge in [0.15, 0.2) is 0 Å². The van der Waals surface area contributed by atoms with Crippen LogP contribution in [-0.4, -0.2) is 42.2 Å². The van der Waals surface area contributed by atoms with E-state index < -0.39 is 23.9 Å². The van der Waals surface area contributed by atoms with Gasteiger partial charge in [-0.25, -0.2) is 14.4 Å². The molecule has 162 valence electrons. The summed E-state index contributed by atoms with van der Waals surface area (Å²) in [6, 6.07) is 11.8. The van der Waals surface area contributed by atoms with E-state index in [1.54, 1.807) is 0 Å². The zero-order valence-electron chi connectivity index (χ0n) is 16.9. The molecule has 8 heteroatoms. The summed E-state index contributed by atoms with van der Waals surface area (Å²) in [5, 5.41) is 9.03. The molecule has 3 rings (SSSR count). The summed E-state index contributed by atoms with van der Waals surface area (Å²) in [4.78, 5) is 47.0. The SMILES string of the molecule is COC(=O)c1ccc(OC(=O)c2ccc(C(=O)OC3CCC(C(=O)O)CC3)cc2)cc1. The van der Waals surface area contributed by atoms with Crippen molar-refractivity contribution in [3.63, 3.8) is 0 Å². The van der Waals surface area contributed by atoms with Crippen LogP contribution in [0.25, 0.3) is 0 Å². The maximum Gasteiger partial charge on any atom is 0.343 e. The van der Waals surface area contributed by atoms with E-state index in [1.165, 1.54) is 55.6 Å². The number of methoxy groups -OCH3 is 1. The van der Waals surface area contributed by atoms with Crippen molar-refractivity contribution in [1.82, 2.24) is 0 Å². The number of benzene rings is 2. The van der Waals surface area contributed by atoms with Crippen molar-refractivity contribution in [2.24, 2.45) is 5.92 Å². The summed E-state index contributed by atoms with van der Waals surface area (Å²) >= 11 is 0. The summed E-state index contributed by atoms with van der Waals surface area (Å²) in [6.45, 7) is 0. The van der Waals surface area contributed by atoms with Crippen molar-refractivity contribution in [1.29, 1.82) is 0 Å². The zero-order chi connectivity index (χ0) is 22.4. The van der Waals surface area contributed by atoms with Crippen molar-refractivity contribution >= 4 is 23.9 Å². The van der Waals surface area contributed by atoms with Crippen LogP contribution in [0.1, 0.15) is 56.8 Å². The van der Waals surface area contributed by atoms with E-state index in [2.05, 4.69) is 4.74 Å². The number of carbonyl (C=O) groups excluding carboxylic acids is 3. The Balaban J connectivity index is 1.54. The highest BCUT2D eigenvalue weighted by molar-refractivity contribution is 5.94. The summed E-state index contributed by atoms with van der Waals surface area (Å²) in [5.41, 5.74) is 0.872. The van der Waals surface area contributed by atoms with Gasteiger partial charge in [0.05, 0.1) is 29.7 Å². The fourth-order valence-electron chi connectivity index (χ4n) is 3.33. The molecule has 0 spiro atoms. The molecule has 0 amide bonds. The lowest BCUT2D eigenvalue weighted by molar-refractivity contribution is -0.143. The average molecular weight is 426 g/mol. The van der Waals surface area contributed by atoms with Crippen molar-refractivity contribution in [2.75, 3.05) is 7.11 Å². The van der Waals surface area contributed by atoms with E-state index in [0.717, 1.165) is 0 Å². The molecular weight excluding hydrogens is 404 g/mol. The fourth-order valence-corrected chi connectivity index (χ4v) is 3.33. The van der Waals surface area contributed by atoms with E-state index in [9.17, 15) is 19.2 Å². The van der Waals surface area contributed by atoms with Crippen LogP contribution in [0.4, 0.5) is 0 Å². The Hall–Kier alpha value is -3.68. The fraction of sp³-hybridized carbons (Fsp3) is 0.304. The Morgan fingerprint density at radius 3 is 1.74 bits per heavy atom. The molecule has 0 bridgehead atoms. The number of rotatable bonds is 6. The molecule has 0 aromatic heterocycles. The van der Waals surface area contributed by atoms with E-state index in [-0.39, 0.29) is 23.3 Å². The van der Waals surface area contributed by atoms with Gasteiger partial charge in [0.1, 0.15) is 11.9 Å². The molecule has 0 unspecified atom stereocenters. The van der Waals surface area contributed by atoms with E-state index in [4.69, 9.17) is 14.6 Å². The highest BCUT2D eigenvalue weighted by Crippen LogP contribution is 2.27. The standard InChI is InChI=1S/C23H22O8/c1-29-21(26)15-8-12-19(13-9-15)31-23(28)17-4-2-16(3-5-17)22(27)30-18-10-6-14(7-11-18)20(24)25/h2-5,8-9,12-14,18H,6-7,10-11H2,1H3,(H,24,25). The monoisotopic (exact) mass is 426 g/mol.